The molecule has 0 saturated carbocycles. The molecule has 1 atom stereocenters. The Kier molecular flexibility index (Phi) is 6.64. The van der Waals surface area contributed by atoms with Crippen LogP contribution in [0.3, 0.4) is 0 Å². The van der Waals surface area contributed by atoms with Crippen LogP contribution in [0, 0.1) is 10.1 Å². The first-order valence-corrected chi connectivity index (χ1v) is 10.7. The van der Waals surface area contributed by atoms with Gasteiger partial charge < -0.3 is 10.1 Å². The molecule has 4 aromatic carbocycles. The van der Waals surface area contributed by atoms with Crippen molar-refractivity contribution in [2.24, 2.45) is 0 Å². The second-order valence-corrected chi connectivity index (χ2v) is 7.81. The first-order valence-electron chi connectivity index (χ1n) is 10.7. The van der Waals surface area contributed by atoms with E-state index in [1.165, 1.54) is 19.1 Å². The molecule has 4 rings (SSSR count). The van der Waals surface area contributed by atoms with E-state index in [1.54, 1.807) is 18.2 Å². The number of carbonyl (C=O) groups excluding carboxylic acids is 2. The summed E-state index contributed by atoms with van der Waals surface area (Å²) >= 11 is 0. The molecule has 1 amide bonds. The van der Waals surface area contributed by atoms with E-state index in [9.17, 15) is 19.7 Å². The molecular weight excluding hydrogens is 432 g/mol. The van der Waals surface area contributed by atoms with E-state index in [1.807, 2.05) is 60.7 Å². The highest BCUT2D eigenvalue weighted by atomic mass is 16.6. The Morgan fingerprint density at radius 1 is 0.941 bits per heavy atom. The number of non-ortho nitro benzene ring substituents is 1. The van der Waals surface area contributed by atoms with Crippen molar-refractivity contribution < 1.29 is 19.2 Å². The van der Waals surface area contributed by atoms with Gasteiger partial charge in [0.15, 0.2) is 0 Å². The maximum absolute atomic E-state index is 13.1. The minimum atomic E-state index is -0.795. The average Bonchev–Trinajstić information content (AvgIpc) is 2.83. The minimum Gasteiger partial charge on any atom is -0.426 e. The molecule has 0 heterocycles. The number of hydrogen-bond donors (Lipinski definition) is 1. The summed E-state index contributed by atoms with van der Waals surface area (Å²) in [7, 11) is 0. The molecule has 34 heavy (non-hydrogen) atoms. The molecule has 170 valence electrons. The van der Waals surface area contributed by atoms with Gasteiger partial charge in [0.25, 0.3) is 5.69 Å². The Morgan fingerprint density at radius 2 is 1.68 bits per heavy atom. The summed E-state index contributed by atoms with van der Waals surface area (Å²) in [6.45, 7) is 1.30. The summed E-state index contributed by atoms with van der Waals surface area (Å²) in [5, 5.41) is 16.1. The van der Waals surface area contributed by atoms with E-state index in [0.29, 0.717) is 11.1 Å². The van der Waals surface area contributed by atoms with E-state index in [-0.39, 0.29) is 23.8 Å². The molecule has 0 aromatic heterocycles. The largest absolute Gasteiger partial charge is 0.426 e. The van der Waals surface area contributed by atoms with E-state index >= 15 is 0 Å². The average molecular weight is 454 g/mol. The van der Waals surface area contributed by atoms with Crippen LogP contribution in [0.4, 0.5) is 5.69 Å². The summed E-state index contributed by atoms with van der Waals surface area (Å²) in [5.74, 6) is -0.503. The van der Waals surface area contributed by atoms with Crippen LogP contribution >= 0.6 is 0 Å². The third-order valence-corrected chi connectivity index (χ3v) is 5.40. The molecule has 4 aromatic rings. The first kappa shape index (κ1) is 22.7. The van der Waals surface area contributed by atoms with Crippen LogP contribution in [0.5, 0.6) is 5.75 Å². The standard InChI is InChI=1S/C27H22N2O5/c1-18(30)34-24-15-14-20-10-5-6-13-23(20)26(24)27(21-11-7-12-22(17-21)29(32)33)28-25(31)16-19-8-3-2-4-9-19/h2-15,17,27H,16H2,1H3,(H,28,31)/t27-/m1/s1. The highest BCUT2D eigenvalue weighted by Gasteiger charge is 2.25. The zero-order valence-electron chi connectivity index (χ0n) is 18.4. The number of nitro benzene ring substituents is 1. The monoisotopic (exact) mass is 454 g/mol. The van der Waals surface area contributed by atoms with Crippen molar-refractivity contribution in [1.82, 2.24) is 5.32 Å². The molecule has 0 fully saturated rings. The number of nitro groups is 1. The molecule has 7 nitrogen and oxygen atoms in total. The van der Waals surface area contributed by atoms with Crippen molar-refractivity contribution in [3.63, 3.8) is 0 Å². The molecular formula is C27H22N2O5. The van der Waals surface area contributed by atoms with Gasteiger partial charge in [-0.15, -0.1) is 0 Å². The third kappa shape index (κ3) is 5.10. The lowest BCUT2D eigenvalue weighted by atomic mass is 9.92. The first-order chi connectivity index (χ1) is 16.4. The van der Waals surface area contributed by atoms with Gasteiger partial charge in [-0.3, -0.25) is 19.7 Å². The van der Waals surface area contributed by atoms with Gasteiger partial charge in [-0.1, -0.05) is 72.8 Å². The van der Waals surface area contributed by atoms with Gasteiger partial charge in [0, 0.05) is 24.6 Å². The summed E-state index contributed by atoms with van der Waals surface area (Å²) in [4.78, 5) is 35.9. The van der Waals surface area contributed by atoms with Crippen molar-refractivity contribution in [1.29, 1.82) is 0 Å². The van der Waals surface area contributed by atoms with Crippen LogP contribution in [0.25, 0.3) is 10.8 Å². The number of carbonyl (C=O) groups is 2. The topological polar surface area (TPSA) is 98.5 Å². The van der Waals surface area contributed by atoms with E-state index in [0.717, 1.165) is 16.3 Å². The summed E-state index contributed by atoms with van der Waals surface area (Å²) in [6.07, 6.45) is 0.125. The SMILES string of the molecule is CC(=O)Oc1ccc2ccccc2c1[C@H](NC(=O)Cc1ccccc1)c1cccc([N+](=O)[O-])c1. The van der Waals surface area contributed by atoms with Crippen molar-refractivity contribution >= 4 is 28.3 Å². The van der Waals surface area contributed by atoms with Gasteiger partial charge in [-0.05, 0) is 28.0 Å². The Labute approximate surface area is 196 Å². The molecule has 0 radical (unpaired) electrons. The van der Waals surface area contributed by atoms with Gasteiger partial charge in [-0.25, -0.2) is 0 Å². The van der Waals surface area contributed by atoms with Crippen LogP contribution in [-0.2, 0) is 16.0 Å². The predicted molar refractivity (Wildman–Crippen MR) is 128 cm³/mol. The van der Waals surface area contributed by atoms with Gasteiger partial charge in [0.05, 0.1) is 17.4 Å². The van der Waals surface area contributed by atoms with Gasteiger partial charge in [0.2, 0.25) is 5.91 Å². The Bertz CT molecular complexity index is 1370. The number of fused-ring (bicyclic) bond motifs is 1. The van der Waals surface area contributed by atoms with Crippen LogP contribution in [0.15, 0.2) is 91.0 Å². The number of hydrogen-bond acceptors (Lipinski definition) is 5. The summed E-state index contributed by atoms with van der Waals surface area (Å²) in [6, 6.07) is 25.6. The fraction of sp³-hybridized carbons (Fsp3) is 0.111. The molecule has 1 N–H and O–H groups in total. The van der Waals surface area contributed by atoms with Crippen molar-refractivity contribution in [3.05, 3.63) is 118 Å². The lowest BCUT2D eigenvalue weighted by molar-refractivity contribution is -0.384. The smallest absolute Gasteiger partial charge is 0.308 e. The zero-order chi connectivity index (χ0) is 24.1. The molecule has 0 bridgehead atoms. The van der Waals surface area contributed by atoms with Crippen LogP contribution in [-0.4, -0.2) is 16.8 Å². The zero-order valence-corrected chi connectivity index (χ0v) is 18.4. The number of amides is 1. The van der Waals surface area contributed by atoms with Crippen LogP contribution < -0.4 is 10.1 Å². The van der Waals surface area contributed by atoms with E-state index < -0.39 is 16.9 Å². The lowest BCUT2D eigenvalue weighted by Crippen LogP contribution is -2.31. The second-order valence-electron chi connectivity index (χ2n) is 7.81. The van der Waals surface area contributed by atoms with Gasteiger partial charge >= 0.3 is 5.97 Å². The number of esters is 1. The number of nitrogens with one attached hydrogen (secondary N) is 1. The highest BCUT2D eigenvalue weighted by molar-refractivity contribution is 5.90. The van der Waals surface area contributed by atoms with E-state index in [2.05, 4.69) is 5.32 Å². The quantitative estimate of drug-likeness (QED) is 0.181. The number of benzene rings is 4. The van der Waals surface area contributed by atoms with E-state index in [4.69, 9.17) is 4.74 Å². The Balaban J connectivity index is 1.86. The van der Waals surface area contributed by atoms with Gasteiger partial charge in [-0.2, -0.15) is 0 Å². The molecule has 0 spiro atoms. The molecule has 0 aliphatic carbocycles. The fourth-order valence-electron chi connectivity index (χ4n) is 3.95. The summed E-state index contributed by atoms with van der Waals surface area (Å²) < 4.78 is 5.51. The maximum Gasteiger partial charge on any atom is 0.308 e. The van der Waals surface area contributed by atoms with Crippen LogP contribution in [0.2, 0.25) is 0 Å². The molecule has 7 heteroatoms. The van der Waals surface area contributed by atoms with Crippen molar-refractivity contribution in [2.75, 3.05) is 0 Å². The normalized spacial score (nSPS) is 11.6. The molecule has 0 aliphatic rings. The van der Waals surface area contributed by atoms with Crippen molar-refractivity contribution in [3.8, 4) is 5.75 Å². The Hall–Kier alpha value is -4.52. The number of ether oxygens (including phenoxy) is 1. The minimum absolute atomic E-state index is 0.103. The van der Waals surface area contributed by atoms with Crippen molar-refractivity contribution in [2.45, 2.75) is 19.4 Å². The molecule has 0 aliphatic heterocycles. The lowest BCUT2D eigenvalue weighted by Gasteiger charge is -2.24. The van der Waals surface area contributed by atoms with Gasteiger partial charge in [0.1, 0.15) is 5.75 Å². The summed E-state index contributed by atoms with van der Waals surface area (Å²) in [5.41, 5.74) is 1.78. The molecule has 0 unspecified atom stereocenters. The predicted octanol–water partition coefficient (Wildman–Crippen LogP) is 5.12. The second kappa shape index (κ2) is 9.95. The highest BCUT2D eigenvalue weighted by Crippen LogP contribution is 2.37. The fourth-order valence-corrected chi connectivity index (χ4v) is 3.95. The Morgan fingerprint density at radius 3 is 2.41 bits per heavy atom. The molecule has 0 saturated heterocycles. The number of rotatable bonds is 7. The third-order valence-electron chi connectivity index (χ3n) is 5.40. The van der Waals surface area contributed by atoms with Crippen LogP contribution in [0.1, 0.15) is 29.7 Å². The number of nitrogens with zero attached hydrogens (tertiary/aromatic N) is 1. The maximum atomic E-state index is 13.1.